The van der Waals surface area contributed by atoms with Crippen LogP contribution in [-0.2, 0) is 0 Å². The van der Waals surface area contributed by atoms with Gasteiger partial charge < -0.3 is 18.9 Å². The fourth-order valence-corrected chi connectivity index (χ4v) is 6.21. The predicted molar refractivity (Wildman–Crippen MR) is 214 cm³/mol. The summed E-state index contributed by atoms with van der Waals surface area (Å²) in [6, 6.07) is 41.7. The van der Waals surface area contributed by atoms with Crippen LogP contribution in [0.15, 0.2) is 133 Å². The predicted octanol–water partition coefficient (Wildman–Crippen LogP) is 12.9. The van der Waals surface area contributed by atoms with Crippen molar-refractivity contribution in [3.8, 4) is 46.0 Å². The van der Waals surface area contributed by atoms with E-state index < -0.39 is 0 Å². The molecule has 0 aliphatic rings. The third-order valence-corrected chi connectivity index (χ3v) is 8.91. The second-order valence-electron chi connectivity index (χ2n) is 12.0. The lowest BCUT2D eigenvalue weighted by Gasteiger charge is -2.12. The van der Waals surface area contributed by atoms with Crippen LogP contribution < -0.4 is 18.9 Å². The molecule has 6 nitrogen and oxygen atoms in total. The Hall–Kier alpha value is -5.18. The Morgan fingerprint density at radius 2 is 0.615 bits per heavy atom. The average molecular weight is 823 g/mol. The van der Waals surface area contributed by atoms with E-state index in [9.17, 15) is 9.59 Å². The Bertz CT molecular complexity index is 1910. The minimum Gasteiger partial charge on any atom is -0.457 e. The number of para-hydroxylation sites is 2. The Labute approximate surface area is 321 Å². The van der Waals surface area contributed by atoms with E-state index in [4.69, 9.17) is 18.9 Å². The second-order valence-corrected chi connectivity index (χ2v) is 13.1. The first-order valence-electron chi connectivity index (χ1n) is 16.6. The van der Waals surface area contributed by atoms with Crippen LogP contribution >= 0.6 is 31.9 Å². The Morgan fingerprint density at radius 1 is 0.385 bits per heavy atom. The summed E-state index contributed by atoms with van der Waals surface area (Å²) < 4.78 is 23.4. The summed E-state index contributed by atoms with van der Waals surface area (Å²) in [4.78, 5) is 24.0. The molecule has 264 valence electrons. The lowest BCUT2D eigenvalue weighted by molar-refractivity contribution is 0.101. The zero-order valence-electron chi connectivity index (χ0n) is 29.3. The number of alkyl halides is 2. The monoisotopic (exact) mass is 820 g/mol. The molecule has 52 heavy (non-hydrogen) atoms. The zero-order valence-corrected chi connectivity index (χ0v) is 32.5. The van der Waals surface area contributed by atoms with E-state index in [2.05, 4.69) is 31.9 Å². The molecule has 6 aromatic rings. The number of halogens is 2. The van der Waals surface area contributed by atoms with Gasteiger partial charge in [0.1, 0.15) is 46.0 Å². The molecule has 8 heteroatoms. The van der Waals surface area contributed by atoms with Crippen LogP contribution in [0.1, 0.15) is 43.0 Å². The summed E-state index contributed by atoms with van der Waals surface area (Å²) in [5.74, 6) is 6.07. The van der Waals surface area contributed by atoms with Crippen molar-refractivity contribution in [1.82, 2.24) is 0 Å². The fourth-order valence-electron chi connectivity index (χ4n) is 5.65. The molecular weight excluding hydrogens is 784 g/mol. The maximum atomic E-state index is 12.0. The van der Waals surface area contributed by atoms with Gasteiger partial charge in [0.25, 0.3) is 0 Å². The maximum absolute atomic E-state index is 12.0. The molecular formula is C44H38Br2O6. The van der Waals surface area contributed by atoms with Gasteiger partial charge in [-0.2, -0.15) is 0 Å². The van der Waals surface area contributed by atoms with Crippen molar-refractivity contribution in [3.05, 3.63) is 167 Å². The van der Waals surface area contributed by atoms with Crippen LogP contribution in [0.5, 0.6) is 46.0 Å². The standard InChI is InChI=1S/2C22H19BrO3/c2*1-15-12-20(13-16(2)22(15)21(24)14-23)26-19-10-8-18(9-11-19)25-17-6-4-3-5-7-17/h2*3-13H,14H2,1-2H3. The van der Waals surface area contributed by atoms with Gasteiger partial charge in [-0.25, -0.2) is 0 Å². The Balaban J connectivity index is 0.000000201. The first-order valence-corrected chi connectivity index (χ1v) is 18.8. The van der Waals surface area contributed by atoms with Gasteiger partial charge in [0, 0.05) is 11.1 Å². The van der Waals surface area contributed by atoms with E-state index in [0.717, 1.165) is 56.4 Å². The van der Waals surface area contributed by atoms with E-state index in [-0.39, 0.29) is 11.6 Å². The fraction of sp³-hybridized carbons (Fsp3) is 0.136. The number of benzene rings is 6. The van der Waals surface area contributed by atoms with Crippen molar-refractivity contribution in [2.45, 2.75) is 27.7 Å². The van der Waals surface area contributed by atoms with Crippen molar-refractivity contribution < 1.29 is 28.5 Å². The van der Waals surface area contributed by atoms with Gasteiger partial charge in [0.2, 0.25) is 0 Å². The van der Waals surface area contributed by atoms with Crippen LogP contribution in [0.4, 0.5) is 0 Å². The number of ketones is 2. The Morgan fingerprint density at radius 3 is 0.865 bits per heavy atom. The summed E-state index contributed by atoms with van der Waals surface area (Å²) in [5, 5.41) is 0.634. The van der Waals surface area contributed by atoms with E-state index in [1.807, 2.05) is 161 Å². The van der Waals surface area contributed by atoms with E-state index in [0.29, 0.717) is 33.7 Å². The van der Waals surface area contributed by atoms with Crippen molar-refractivity contribution in [2.75, 3.05) is 10.7 Å². The minimum absolute atomic E-state index is 0.0777. The van der Waals surface area contributed by atoms with Crippen LogP contribution in [0, 0.1) is 27.7 Å². The highest BCUT2D eigenvalue weighted by Crippen LogP contribution is 2.31. The van der Waals surface area contributed by atoms with Gasteiger partial charge in [0.05, 0.1) is 10.7 Å². The topological polar surface area (TPSA) is 71.1 Å². The molecule has 6 aromatic carbocycles. The minimum atomic E-state index is 0.0777. The van der Waals surface area contributed by atoms with Gasteiger partial charge >= 0.3 is 0 Å². The number of aryl methyl sites for hydroxylation is 4. The van der Waals surface area contributed by atoms with Crippen molar-refractivity contribution in [2.24, 2.45) is 0 Å². The van der Waals surface area contributed by atoms with Gasteiger partial charge in [-0.05, 0) is 147 Å². The molecule has 0 heterocycles. The summed E-state index contributed by atoms with van der Waals surface area (Å²) in [6.45, 7) is 7.69. The lowest BCUT2D eigenvalue weighted by Crippen LogP contribution is -2.05. The second kappa shape index (κ2) is 18.4. The van der Waals surface area contributed by atoms with Crippen molar-refractivity contribution >= 4 is 43.4 Å². The molecule has 0 amide bonds. The summed E-state index contributed by atoms with van der Waals surface area (Å²) in [5.41, 5.74) is 5.14. The molecule has 0 aliphatic heterocycles. The number of Topliss-reactive ketones (excluding diaryl/α,β-unsaturated/α-hetero) is 2. The number of carbonyl (C=O) groups is 2. The quantitative estimate of drug-likeness (QED) is 0.0904. The van der Waals surface area contributed by atoms with Crippen LogP contribution in [0.3, 0.4) is 0 Å². The number of ether oxygens (including phenoxy) is 4. The highest BCUT2D eigenvalue weighted by atomic mass is 79.9. The van der Waals surface area contributed by atoms with Gasteiger partial charge in [-0.3, -0.25) is 9.59 Å². The van der Waals surface area contributed by atoms with E-state index >= 15 is 0 Å². The third kappa shape index (κ3) is 10.4. The molecule has 0 radical (unpaired) electrons. The van der Waals surface area contributed by atoms with Crippen molar-refractivity contribution in [1.29, 1.82) is 0 Å². The summed E-state index contributed by atoms with van der Waals surface area (Å²) >= 11 is 6.46. The van der Waals surface area contributed by atoms with Crippen LogP contribution in [-0.4, -0.2) is 22.2 Å². The molecule has 0 unspecified atom stereocenters. The first-order chi connectivity index (χ1) is 25.1. The van der Waals surface area contributed by atoms with Crippen LogP contribution in [0.25, 0.3) is 0 Å². The SMILES string of the molecule is Cc1cc(Oc2ccc(Oc3ccccc3)cc2)cc(C)c1C(=O)CBr.Cc1cc(Oc2ccc(Oc3ccccc3)cc2)cc(C)c1C(=O)CBr. The molecule has 0 saturated carbocycles. The molecule has 0 aliphatic carbocycles. The van der Waals surface area contributed by atoms with Gasteiger partial charge in [0.15, 0.2) is 11.6 Å². The third-order valence-electron chi connectivity index (χ3n) is 7.89. The molecule has 6 rings (SSSR count). The van der Waals surface area contributed by atoms with Gasteiger partial charge in [-0.1, -0.05) is 68.3 Å². The lowest BCUT2D eigenvalue weighted by atomic mass is 9.99. The molecule has 0 atom stereocenters. The molecule has 0 fully saturated rings. The number of hydrogen-bond acceptors (Lipinski definition) is 6. The van der Waals surface area contributed by atoms with E-state index in [1.54, 1.807) is 0 Å². The van der Waals surface area contributed by atoms with Gasteiger partial charge in [-0.15, -0.1) is 0 Å². The molecule has 0 N–H and O–H groups in total. The summed E-state index contributed by atoms with van der Waals surface area (Å²) in [6.07, 6.45) is 0. The summed E-state index contributed by atoms with van der Waals surface area (Å²) in [7, 11) is 0. The number of rotatable bonds is 12. The normalized spacial score (nSPS) is 10.4. The first kappa shape index (κ1) is 38.1. The van der Waals surface area contributed by atoms with Crippen molar-refractivity contribution in [3.63, 3.8) is 0 Å². The molecule has 0 aromatic heterocycles. The molecule has 0 bridgehead atoms. The smallest absolute Gasteiger partial charge is 0.173 e. The highest BCUT2D eigenvalue weighted by molar-refractivity contribution is 9.09. The maximum Gasteiger partial charge on any atom is 0.173 e. The highest BCUT2D eigenvalue weighted by Gasteiger charge is 2.14. The van der Waals surface area contributed by atoms with E-state index in [1.165, 1.54) is 0 Å². The molecule has 0 saturated heterocycles. The van der Waals surface area contributed by atoms with Crippen LogP contribution in [0.2, 0.25) is 0 Å². The number of hydrogen-bond donors (Lipinski definition) is 0. The average Bonchev–Trinajstić information content (AvgIpc) is 3.13. The molecule has 0 spiro atoms. The number of carbonyl (C=O) groups excluding carboxylic acids is 2. The zero-order chi connectivity index (χ0) is 37.0. The largest absolute Gasteiger partial charge is 0.457 e. The Kier molecular flexibility index (Phi) is 13.4.